The minimum Gasteiger partial charge on any atom is -0.502 e. The Hall–Kier alpha value is -2.46. The van der Waals surface area contributed by atoms with Gasteiger partial charge in [-0.3, -0.25) is 4.79 Å². The molecule has 2 aromatic carbocycles. The molecule has 1 N–H and O–H groups in total. The van der Waals surface area contributed by atoms with Gasteiger partial charge in [0.1, 0.15) is 11.3 Å². The summed E-state index contributed by atoms with van der Waals surface area (Å²) in [6.07, 6.45) is 0. The molecule has 0 fully saturated rings. The number of methoxy groups -OCH3 is 1. The molecule has 106 valence electrons. The summed E-state index contributed by atoms with van der Waals surface area (Å²) in [6.45, 7) is 0. The number of halogens is 1. The van der Waals surface area contributed by atoms with E-state index in [4.69, 9.17) is 20.8 Å². The Bertz CT molecular complexity index is 866. The molecule has 0 unspecified atom stereocenters. The molecule has 1 aromatic heterocycles. The van der Waals surface area contributed by atoms with Gasteiger partial charge in [0.2, 0.25) is 11.2 Å². The number of hydrogen-bond donors (Lipinski definition) is 1. The summed E-state index contributed by atoms with van der Waals surface area (Å²) in [5.41, 5.74) is 0.435. The highest BCUT2D eigenvalue weighted by Crippen LogP contribution is 2.31. The third-order valence-corrected chi connectivity index (χ3v) is 3.43. The van der Waals surface area contributed by atoms with Gasteiger partial charge in [0.15, 0.2) is 5.76 Å². The van der Waals surface area contributed by atoms with E-state index >= 15 is 0 Å². The second kappa shape index (κ2) is 5.14. The van der Waals surface area contributed by atoms with Gasteiger partial charge >= 0.3 is 0 Å². The molecule has 0 aliphatic rings. The van der Waals surface area contributed by atoms with Crippen molar-refractivity contribution < 1.29 is 14.3 Å². The zero-order valence-electron chi connectivity index (χ0n) is 11.1. The minimum atomic E-state index is -0.483. The Morgan fingerprint density at radius 1 is 1.14 bits per heavy atom. The van der Waals surface area contributed by atoms with Crippen molar-refractivity contribution in [1.29, 1.82) is 0 Å². The third-order valence-electron chi connectivity index (χ3n) is 3.18. The fraction of sp³-hybridized carbons (Fsp3) is 0.0625. The predicted octanol–water partition coefficient (Wildman–Crippen LogP) is 3.83. The van der Waals surface area contributed by atoms with Gasteiger partial charge in [-0.15, -0.1) is 0 Å². The minimum absolute atomic E-state index is 0.109. The largest absolute Gasteiger partial charge is 0.502 e. The van der Waals surface area contributed by atoms with Crippen LogP contribution in [0.5, 0.6) is 11.5 Å². The summed E-state index contributed by atoms with van der Waals surface area (Å²) in [6, 6.07) is 11.5. The Morgan fingerprint density at radius 2 is 1.86 bits per heavy atom. The monoisotopic (exact) mass is 302 g/mol. The molecule has 0 spiro atoms. The topological polar surface area (TPSA) is 59.7 Å². The fourth-order valence-electron chi connectivity index (χ4n) is 2.09. The fourth-order valence-corrected chi connectivity index (χ4v) is 2.21. The summed E-state index contributed by atoms with van der Waals surface area (Å²) < 4.78 is 10.8. The van der Waals surface area contributed by atoms with Crippen LogP contribution in [-0.2, 0) is 0 Å². The van der Waals surface area contributed by atoms with E-state index in [0.29, 0.717) is 27.3 Å². The Morgan fingerprint density at radius 3 is 2.52 bits per heavy atom. The molecule has 21 heavy (non-hydrogen) atoms. The van der Waals surface area contributed by atoms with Gasteiger partial charge in [-0.2, -0.15) is 0 Å². The summed E-state index contributed by atoms with van der Waals surface area (Å²) in [4.78, 5) is 12.2. The molecule has 0 bridgehead atoms. The standard InChI is InChI=1S/C16H11ClO4/c1-20-11-6-7-12-13(8-11)21-16(15(19)14(12)18)9-2-4-10(17)5-3-9/h2-8,19H,1H3. The van der Waals surface area contributed by atoms with Crippen molar-refractivity contribution in [3.05, 3.63) is 57.7 Å². The van der Waals surface area contributed by atoms with Gasteiger partial charge in [0.25, 0.3) is 0 Å². The summed E-state index contributed by atoms with van der Waals surface area (Å²) in [5, 5.41) is 10.9. The van der Waals surface area contributed by atoms with Gasteiger partial charge in [0, 0.05) is 16.7 Å². The molecule has 0 saturated carbocycles. The molecule has 4 nitrogen and oxygen atoms in total. The molecule has 0 atom stereocenters. The van der Waals surface area contributed by atoms with Crippen molar-refractivity contribution in [3.8, 4) is 22.8 Å². The summed E-state index contributed by atoms with van der Waals surface area (Å²) in [5.74, 6) is 0.255. The number of aromatic hydroxyl groups is 1. The quantitative estimate of drug-likeness (QED) is 0.781. The molecule has 1 heterocycles. The second-order valence-electron chi connectivity index (χ2n) is 4.48. The van der Waals surface area contributed by atoms with Gasteiger partial charge in [-0.1, -0.05) is 11.6 Å². The predicted molar refractivity (Wildman–Crippen MR) is 81.1 cm³/mol. The first-order valence-corrected chi connectivity index (χ1v) is 6.57. The lowest BCUT2D eigenvalue weighted by Gasteiger charge is -2.07. The highest BCUT2D eigenvalue weighted by molar-refractivity contribution is 6.30. The van der Waals surface area contributed by atoms with Crippen LogP contribution in [-0.4, -0.2) is 12.2 Å². The van der Waals surface area contributed by atoms with Crippen LogP contribution in [0.25, 0.3) is 22.3 Å². The van der Waals surface area contributed by atoms with Crippen molar-refractivity contribution in [2.45, 2.75) is 0 Å². The van der Waals surface area contributed by atoms with Crippen LogP contribution in [0.15, 0.2) is 51.7 Å². The first-order chi connectivity index (χ1) is 10.1. The molecular weight excluding hydrogens is 292 g/mol. The molecule has 0 aliphatic heterocycles. The molecule has 3 aromatic rings. The van der Waals surface area contributed by atoms with Crippen LogP contribution in [0, 0.1) is 0 Å². The maximum atomic E-state index is 12.2. The molecule has 0 aliphatic carbocycles. The average molecular weight is 303 g/mol. The van der Waals surface area contributed by atoms with Crippen molar-refractivity contribution in [2.75, 3.05) is 7.11 Å². The van der Waals surface area contributed by atoms with Crippen LogP contribution in [0.3, 0.4) is 0 Å². The van der Waals surface area contributed by atoms with Crippen LogP contribution >= 0.6 is 11.6 Å². The number of fused-ring (bicyclic) bond motifs is 1. The van der Waals surface area contributed by atoms with Gasteiger partial charge in [-0.05, 0) is 36.4 Å². The maximum Gasteiger partial charge on any atom is 0.235 e. The Kier molecular flexibility index (Phi) is 3.31. The lowest BCUT2D eigenvalue weighted by atomic mass is 10.1. The molecule has 5 heteroatoms. The number of benzene rings is 2. The molecular formula is C16H11ClO4. The number of hydrogen-bond acceptors (Lipinski definition) is 4. The van der Waals surface area contributed by atoms with E-state index < -0.39 is 11.2 Å². The lowest BCUT2D eigenvalue weighted by molar-refractivity contribution is 0.413. The van der Waals surface area contributed by atoms with Crippen molar-refractivity contribution in [1.82, 2.24) is 0 Å². The Balaban J connectivity index is 2.30. The van der Waals surface area contributed by atoms with Crippen LogP contribution < -0.4 is 10.2 Å². The van der Waals surface area contributed by atoms with Crippen molar-refractivity contribution >= 4 is 22.6 Å². The smallest absolute Gasteiger partial charge is 0.235 e. The first kappa shape index (κ1) is 13.5. The Labute approximate surface area is 125 Å². The van der Waals surface area contributed by atoms with Crippen LogP contribution in [0.4, 0.5) is 0 Å². The SMILES string of the molecule is COc1ccc2c(=O)c(O)c(-c3ccc(Cl)cc3)oc2c1. The van der Waals surface area contributed by atoms with Crippen molar-refractivity contribution in [2.24, 2.45) is 0 Å². The van der Waals surface area contributed by atoms with E-state index in [2.05, 4.69) is 0 Å². The van der Waals surface area contributed by atoms with Crippen LogP contribution in [0.1, 0.15) is 0 Å². The molecule has 0 saturated heterocycles. The van der Waals surface area contributed by atoms with E-state index in [1.165, 1.54) is 7.11 Å². The zero-order valence-corrected chi connectivity index (χ0v) is 11.8. The zero-order chi connectivity index (χ0) is 15.0. The highest BCUT2D eigenvalue weighted by atomic mass is 35.5. The third kappa shape index (κ3) is 2.34. The molecule has 0 amide bonds. The lowest BCUT2D eigenvalue weighted by Crippen LogP contribution is -2.02. The van der Waals surface area contributed by atoms with E-state index in [9.17, 15) is 9.90 Å². The van der Waals surface area contributed by atoms with Gasteiger partial charge in [-0.25, -0.2) is 0 Å². The average Bonchev–Trinajstić information content (AvgIpc) is 2.51. The van der Waals surface area contributed by atoms with E-state index in [0.717, 1.165) is 0 Å². The second-order valence-corrected chi connectivity index (χ2v) is 4.91. The van der Waals surface area contributed by atoms with Gasteiger partial charge < -0.3 is 14.3 Å². The number of ether oxygens (including phenoxy) is 1. The van der Waals surface area contributed by atoms with E-state index in [1.807, 2.05) is 0 Å². The summed E-state index contributed by atoms with van der Waals surface area (Å²) >= 11 is 5.83. The maximum absolute atomic E-state index is 12.2. The van der Waals surface area contributed by atoms with Crippen LogP contribution in [0.2, 0.25) is 5.02 Å². The molecule has 3 rings (SSSR count). The van der Waals surface area contributed by atoms with E-state index in [1.54, 1.807) is 42.5 Å². The number of rotatable bonds is 2. The van der Waals surface area contributed by atoms with Gasteiger partial charge in [0.05, 0.1) is 12.5 Å². The molecule has 0 radical (unpaired) electrons. The highest BCUT2D eigenvalue weighted by Gasteiger charge is 2.15. The normalized spacial score (nSPS) is 10.8. The van der Waals surface area contributed by atoms with Crippen molar-refractivity contribution in [3.63, 3.8) is 0 Å². The van der Waals surface area contributed by atoms with E-state index in [-0.39, 0.29) is 5.76 Å². The summed E-state index contributed by atoms with van der Waals surface area (Å²) in [7, 11) is 1.53. The first-order valence-electron chi connectivity index (χ1n) is 6.20.